The molecule has 3 N–H and O–H groups in total. The summed E-state index contributed by atoms with van der Waals surface area (Å²) >= 11 is 0. The normalized spacial score (nSPS) is 12.5. The van der Waals surface area contributed by atoms with Gasteiger partial charge in [0.15, 0.2) is 0 Å². The molecule has 0 aliphatic heterocycles. The van der Waals surface area contributed by atoms with Crippen molar-refractivity contribution in [3.63, 3.8) is 0 Å². The maximum atomic E-state index is 10.2. The van der Waals surface area contributed by atoms with E-state index in [2.05, 4.69) is 0 Å². The van der Waals surface area contributed by atoms with E-state index in [-0.39, 0.29) is 0 Å². The molecule has 0 saturated heterocycles. The van der Waals surface area contributed by atoms with Crippen LogP contribution in [0.15, 0.2) is 0 Å². The summed E-state index contributed by atoms with van der Waals surface area (Å²) in [7, 11) is -14.6. The van der Waals surface area contributed by atoms with Crippen molar-refractivity contribution < 1.29 is 42.8 Å². The molecule has 120 valence electrons. The summed E-state index contributed by atoms with van der Waals surface area (Å²) in [4.78, 5) is 0. The number of rotatable bonds is 2. The van der Waals surface area contributed by atoms with Crippen LogP contribution in [0.2, 0.25) is 0 Å². The van der Waals surface area contributed by atoms with Gasteiger partial charge in [0.05, 0.1) is 25.0 Å². The molecule has 0 amide bonds. The maximum absolute atomic E-state index is 10.2. The summed E-state index contributed by atoms with van der Waals surface area (Å²) < 4.78 is 93.8. The highest BCUT2D eigenvalue weighted by atomic mass is 32.3. The molecule has 19 heavy (non-hydrogen) atoms. The molecule has 0 unspecified atom stereocenters. The van der Waals surface area contributed by atoms with E-state index in [4.69, 9.17) is 9.11 Å². The average molecular weight is 365 g/mol. The predicted octanol–water partition coefficient (Wildman–Crippen LogP) is -2.50. The first-order chi connectivity index (χ1) is 7.71. The minimum absolute atomic E-state index is 0.715. The molecule has 11 nitrogen and oxygen atoms in total. The second-order valence-electron chi connectivity index (χ2n) is 3.09. The molecule has 0 fully saturated rings. The zero-order chi connectivity index (χ0) is 16.7. The molecule has 0 aromatic heterocycles. The number of hydrogen-bond donors (Lipinski definition) is 3. The van der Waals surface area contributed by atoms with Gasteiger partial charge in [-0.05, 0) is 0 Å². The molecule has 0 radical (unpaired) electrons. The van der Waals surface area contributed by atoms with Crippen molar-refractivity contribution in [2.24, 2.45) is 0 Å². The van der Waals surface area contributed by atoms with Gasteiger partial charge in [-0.25, -0.2) is 16.8 Å². The van der Waals surface area contributed by atoms with E-state index in [1.54, 1.807) is 0 Å². The summed E-state index contributed by atoms with van der Waals surface area (Å²) in [6.07, 6.45) is 2.97. The Morgan fingerprint density at radius 2 is 0.684 bits per heavy atom. The van der Waals surface area contributed by atoms with Gasteiger partial charge in [-0.1, -0.05) is 0 Å². The number of nitrogens with one attached hydrogen (secondary N) is 1. The Balaban J connectivity index is -0.000000219. The number of sulfonamides is 2. The van der Waals surface area contributed by atoms with Gasteiger partial charge in [-0.3, -0.25) is 9.11 Å². The van der Waals surface area contributed by atoms with Crippen molar-refractivity contribution in [3.05, 3.63) is 0 Å². The lowest BCUT2D eigenvalue weighted by Crippen LogP contribution is -2.27. The van der Waals surface area contributed by atoms with Gasteiger partial charge in [-0.2, -0.15) is 16.8 Å². The fraction of sp³-hybridized carbons (Fsp3) is 1.00. The Hall–Kier alpha value is -0.320. The summed E-state index contributed by atoms with van der Waals surface area (Å²) in [6, 6.07) is 0. The third kappa shape index (κ3) is 135. The SMILES string of the molecule is CS(=O)(=O)NS(C)(=O)=O.CS(=O)(=O)O.CS(=O)(=O)O. The molecule has 0 aliphatic carbocycles. The van der Waals surface area contributed by atoms with E-state index >= 15 is 0 Å². The van der Waals surface area contributed by atoms with Crippen molar-refractivity contribution >= 4 is 40.3 Å². The highest BCUT2D eigenvalue weighted by Crippen LogP contribution is 1.78. The van der Waals surface area contributed by atoms with E-state index in [1.807, 2.05) is 0 Å². The Labute approximate surface area is 112 Å². The molecule has 15 heteroatoms. The molecule has 0 rings (SSSR count). The highest BCUT2D eigenvalue weighted by Gasteiger charge is 2.08. The number of hydrogen-bond acceptors (Lipinski definition) is 8. The van der Waals surface area contributed by atoms with Crippen LogP contribution in [0.5, 0.6) is 0 Å². The van der Waals surface area contributed by atoms with E-state index < -0.39 is 40.3 Å². The largest absolute Gasteiger partial charge is 0.286 e. The van der Waals surface area contributed by atoms with Crippen molar-refractivity contribution in [3.8, 4) is 0 Å². The van der Waals surface area contributed by atoms with Crippen molar-refractivity contribution in [1.82, 2.24) is 4.13 Å². The van der Waals surface area contributed by atoms with Crippen molar-refractivity contribution in [1.29, 1.82) is 0 Å². The third-order valence-electron chi connectivity index (χ3n) is 0.303. The van der Waals surface area contributed by atoms with Crippen molar-refractivity contribution in [2.45, 2.75) is 0 Å². The van der Waals surface area contributed by atoms with Crippen LogP contribution in [0.4, 0.5) is 0 Å². The Bertz CT molecular complexity index is 575. The molecule has 0 atom stereocenters. The molecule has 0 heterocycles. The molecule has 0 aliphatic rings. The first-order valence-electron chi connectivity index (χ1n) is 3.74. The summed E-state index contributed by atoms with van der Waals surface area (Å²) in [5.41, 5.74) is 0. The fourth-order valence-electron chi connectivity index (χ4n) is 0.275. The predicted molar refractivity (Wildman–Crippen MR) is 67.8 cm³/mol. The zero-order valence-corrected chi connectivity index (χ0v) is 13.6. The van der Waals surface area contributed by atoms with Gasteiger partial charge in [0, 0.05) is 0 Å². The Morgan fingerprint density at radius 3 is 0.684 bits per heavy atom. The Morgan fingerprint density at radius 1 is 0.579 bits per heavy atom. The average Bonchev–Trinajstić information content (AvgIpc) is 1.63. The lowest BCUT2D eigenvalue weighted by Gasteiger charge is -1.94. The highest BCUT2D eigenvalue weighted by molar-refractivity contribution is 8.04. The minimum Gasteiger partial charge on any atom is -0.286 e. The molecule has 0 aromatic carbocycles. The molecular weight excluding hydrogens is 350 g/mol. The maximum Gasteiger partial charge on any atom is 0.261 e. The van der Waals surface area contributed by atoms with Gasteiger partial charge in [-0.15, -0.1) is 4.13 Å². The first kappa shape index (κ1) is 23.7. The van der Waals surface area contributed by atoms with E-state index in [1.165, 1.54) is 4.13 Å². The molecule has 0 saturated carbocycles. The van der Waals surface area contributed by atoms with Crippen LogP contribution in [0, 0.1) is 0 Å². The van der Waals surface area contributed by atoms with Gasteiger partial charge in [0.1, 0.15) is 0 Å². The first-order valence-corrected chi connectivity index (χ1v) is 11.2. The summed E-state index contributed by atoms with van der Waals surface area (Å²) in [5.74, 6) is 0. The van der Waals surface area contributed by atoms with Gasteiger partial charge in [0.2, 0.25) is 20.0 Å². The lowest BCUT2D eigenvalue weighted by molar-refractivity contribution is 0.488. The smallest absolute Gasteiger partial charge is 0.261 e. The summed E-state index contributed by atoms with van der Waals surface area (Å²) in [5, 5.41) is 0. The van der Waals surface area contributed by atoms with Crippen LogP contribution >= 0.6 is 0 Å². The van der Waals surface area contributed by atoms with Crippen LogP contribution in [-0.2, 0) is 40.3 Å². The van der Waals surface area contributed by atoms with Crippen LogP contribution in [0.25, 0.3) is 0 Å². The quantitative estimate of drug-likeness (QED) is 0.441. The van der Waals surface area contributed by atoms with Gasteiger partial charge in [0.25, 0.3) is 20.2 Å². The zero-order valence-electron chi connectivity index (χ0n) is 10.3. The van der Waals surface area contributed by atoms with E-state index in [0.717, 1.165) is 12.5 Å². The topological polar surface area (TPSA) is 189 Å². The lowest BCUT2D eigenvalue weighted by atomic mass is 12.0. The van der Waals surface area contributed by atoms with Gasteiger partial charge < -0.3 is 0 Å². The van der Waals surface area contributed by atoms with E-state index in [9.17, 15) is 33.7 Å². The van der Waals surface area contributed by atoms with E-state index in [0.29, 0.717) is 12.5 Å². The van der Waals surface area contributed by atoms with Crippen LogP contribution < -0.4 is 4.13 Å². The van der Waals surface area contributed by atoms with Crippen LogP contribution in [0.1, 0.15) is 0 Å². The monoisotopic (exact) mass is 365 g/mol. The fourth-order valence-corrected chi connectivity index (χ4v) is 2.47. The molecule has 0 spiro atoms. The third-order valence-corrected chi connectivity index (χ3v) is 2.72. The minimum atomic E-state index is -3.67. The summed E-state index contributed by atoms with van der Waals surface area (Å²) in [6.45, 7) is 0. The Kier molecular flexibility index (Phi) is 10.1. The standard InChI is InChI=1S/C2H7NO4S2.2CH4O3S/c1-8(4,5)3-9(2,6)7;2*1-5(2,3)4/h3H,1-2H3;2*1H3,(H,2,3,4). The second kappa shape index (κ2) is 8.08. The van der Waals surface area contributed by atoms with Crippen molar-refractivity contribution in [2.75, 3.05) is 25.0 Å². The van der Waals surface area contributed by atoms with Crippen LogP contribution in [0.3, 0.4) is 0 Å². The second-order valence-corrected chi connectivity index (χ2v) is 9.78. The molecular formula is C4H15NO10S4. The molecule has 0 bridgehead atoms. The van der Waals surface area contributed by atoms with Gasteiger partial charge >= 0.3 is 0 Å². The van der Waals surface area contributed by atoms with Crippen LogP contribution in [-0.4, -0.2) is 67.8 Å². The molecule has 0 aromatic rings.